The first-order valence-corrected chi connectivity index (χ1v) is 13.6. The minimum atomic E-state index is 0.136. The lowest BCUT2D eigenvalue weighted by molar-refractivity contribution is -0.121. The third-order valence-corrected chi connectivity index (χ3v) is 8.10. The highest BCUT2D eigenvalue weighted by molar-refractivity contribution is 8.01. The molecule has 0 fully saturated rings. The van der Waals surface area contributed by atoms with Gasteiger partial charge in [-0.15, -0.1) is 0 Å². The third kappa shape index (κ3) is 16.9. The molecule has 0 aliphatic rings. The van der Waals surface area contributed by atoms with Gasteiger partial charge >= 0.3 is 0 Å². The molecule has 4 nitrogen and oxygen atoms in total. The van der Waals surface area contributed by atoms with Crippen molar-refractivity contribution in [2.24, 2.45) is 0 Å². The number of hydrogen-bond acceptors (Lipinski definition) is 5. The number of rotatable bonds is 17. The zero-order valence-corrected chi connectivity index (χ0v) is 21.3. The van der Waals surface area contributed by atoms with E-state index in [9.17, 15) is 9.59 Å². The first kappa shape index (κ1) is 28.0. The summed E-state index contributed by atoms with van der Waals surface area (Å²) in [5, 5.41) is 5.92. The van der Waals surface area contributed by atoms with Gasteiger partial charge < -0.3 is 10.6 Å². The van der Waals surface area contributed by atoms with Crippen molar-refractivity contribution in [1.29, 1.82) is 0 Å². The summed E-state index contributed by atoms with van der Waals surface area (Å²) >= 11 is 5.94. The monoisotopic (exact) mass is 450 g/mol. The van der Waals surface area contributed by atoms with E-state index in [-0.39, 0.29) is 21.3 Å². The minimum Gasteiger partial charge on any atom is -0.355 e. The Balaban J connectivity index is 3.81. The molecule has 0 saturated heterocycles. The van der Waals surface area contributed by atoms with Crippen molar-refractivity contribution >= 4 is 47.1 Å². The minimum absolute atomic E-state index is 0.136. The summed E-state index contributed by atoms with van der Waals surface area (Å²) in [4.78, 5) is 22.7. The standard InChI is InChI=1S/C21H42N2O2S3/c1-7-9-19(25)23-12-16-26-14-10-20(3,4)27-15-11-21(5,6)28-17-13-22-18(24)8-2/h7-17H2,1-6H3,(H,22,24)(H,23,25). The van der Waals surface area contributed by atoms with E-state index in [2.05, 4.69) is 50.1 Å². The molecule has 0 aromatic heterocycles. The molecule has 0 aliphatic carbocycles. The number of amides is 2. The van der Waals surface area contributed by atoms with Crippen LogP contribution in [0.3, 0.4) is 0 Å². The second-order valence-electron chi connectivity index (χ2n) is 8.13. The molecule has 0 heterocycles. The predicted octanol–water partition coefficient (Wildman–Crippen LogP) is 4.97. The first-order valence-electron chi connectivity index (χ1n) is 10.5. The van der Waals surface area contributed by atoms with Crippen LogP contribution >= 0.6 is 35.3 Å². The van der Waals surface area contributed by atoms with Gasteiger partial charge in [0.15, 0.2) is 0 Å². The van der Waals surface area contributed by atoms with Gasteiger partial charge in [-0.2, -0.15) is 35.3 Å². The molecule has 0 aromatic rings. The SMILES string of the molecule is CCCC(=O)NCCSCCC(C)(C)SCCC(C)(C)SCCNC(=O)CC. The smallest absolute Gasteiger partial charge is 0.220 e. The van der Waals surface area contributed by atoms with Crippen LogP contribution in [-0.2, 0) is 9.59 Å². The molecule has 0 spiro atoms. The fourth-order valence-corrected chi connectivity index (χ4v) is 6.14. The van der Waals surface area contributed by atoms with Crippen LogP contribution in [-0.4, -0.2) is 57.4 Å². The van der Waals surface area contributed by atoms with Gasteiger partial charge in [-0.3, -0.25) is 9.59 Å². The highest BCUT2D eigenvalue weighted by atomic mass is 32.2. The molecule has 0 bridgehead atoms. The Morgan fingerprint density at radius 3 is 1.89 bits per heavy atom. The number of hydrogen-bond donors (Lipinski definition) is 2. The maximum Gasteiger partial charge on any atom is 0.220 e. The summed E-state index contributed by atoms with van der Waals surface area (Å²) in [6.45, 7) is 14.7. The molecule has 2 amide bonds. The maximum absolute atomic E-state index is 11.4. The van der Waals surface area contributed by atoms with E-state index in [1.807, 2.05) is 37.4 Å². The molecule has 0 aliphatic heterocycles. The Hall–Kier alpha value is -0.0100. The van der Waals surface area contributed by atoms with E-state index in [4.69, 9.17) is 0 Å². The fraction of sp³-hybridized carbons (Fsp3) is 0.905. The largest absolute Gasteiger partial charge is 0.355 e. The van der Waals surface area contributed by atoms with Crippen LogP contribution in [0.2, 0.25) is 0 Å². The Morgan fingerprint density at radius 1 is 0.750 bits per heavy atom. The molecule has 0 atom stereocenters. The van der Waals surface area contributed by atoms with E-state index in [0.29, 0.717) is 12.8 Å². The van der Waals surface area contributed by atoms with Crippen LogP contribution in [0.1, 0.15) is 73.6 Å². The van der Waals surface area contributed by atoms with Gasteiger partial charge in [-0.05, 0) is 30.8 Å². The van der Waals surface area contributed by atoms with E-state index in [1.165, 1.54) is 12.8 Å². The van der Waals surface area contributed by atoms with Crippen molar-refractivity contribution in [3.63, 3.8) is 0 Å². The van der Waals surface area contributed by atoms with Crippen LogP contribution in [0.4, 0.5) is 0 Å². The summed E-state index contributed by atoms with van der Waals surface area (Å²) in [6, 6.07) is 0. The van der Waals surface area contributed by atoms with Crippen LogP contribution in [0.25, 0.3) is 0 Å². The zero-order chi connectivity index (χ0) is 21.5. The predicted molar refractivity (Wildman–Crippen MR) is 131 cm³/mol. The number of carbonyl (C=O) groups excluding carboxylic acids is 2. The van der Waals surface area contributed by atoms with Crippen LogP contribution < -0.4 is 10.6 Å². The number of thioether (sulfide) groups is 3. The molecule has 0 unspecified atom stereocenters. The van der Waals surface area contributed by atoms with Crippen molar-refractivity contribution in [2.45, 2.75) is 83.1 Å². The molecule has 166 valence electrons. The lowest BCUT2D eigenvalue weighted by Crippen LogP contribution is -2.27. The Bertz CT molecular complexity index is 443. The second-order valence-corrected chi connectivity index (χ2v) is 13.0. The lowest BCUT2D eigenvalue weighted by atomic mass is 10.1. The highest BCUT2D eigenvalue weighted by Gasteiger charge is 2.22. The van der Waals surface area contributed by atoms with E-state index < -0.39 is 0 Å². The molecule has 0 rings (SSSR count). The van der Waals surface area contributed by atoms with Crippen molar-refractivity contribution < 1.29 is 9.59 Å². The summed E-state index contributed by atoms with van der Waals surface area (Å²) in [7, 11) is 0. The van der Waals surface area contributed by atoms with Gasteiger partial charge in [0.05, 0.1) is 0 Å². The van der Waals surface area contributed by atoms with E-state index >= 15 is 0 Å². The molecule has 0 aromatic carbocycles. The average Bonchev–Trinajstić information content (AvgIpc) is 2.61. The van der Waals surface area contributed by atoms with Crippen LogP contribution in [0, 0.1) is 0 Å². The first-order chi connectivity index (χ1) is 13.1. The third-order valence-electron chi connectivity index (χ3n) is 4.33. The van der Waals surface area contributed by atoms with Gasteiger partial charge in [0.25, 0.3) is 0 Å². The van der Waals surface area contributed by atoms with Crippen molar-refractivity contribution in [3.8, 4) is 0 Å². The number of nitrogens with one attached hydrogen (secondary N) is 2. The van der Waals surface area contributed by atoms with Gasteiger partial charge in [0.2, 0.25) is 11.8 Å². The Labute approximate surface area is 186 Å². The van der Waals surface area contributed by atoms with Gasteiger partial charge in [-0.1, -0.05) is 41.5 Å². The van der Waals surface area contributed by atoms with Crippen LogP contribution in [0.15, 0.2) is 0 Å². The number of carbonyl (C=O) groups is 2. The van der Waals surface area contributed by atoms with Crippen LogP contribution in [0.5, 0.6) is 0 Å². The summed E-state index contributed by atoms with van der Waals surface area (Å²) < 4.78 is 0.528. The van der Waals surface area contributed by atoms with Crippen molar-refractivity contribution in [1.82, 2.24) is 10.6 Å². The maximum atomic E-state index is 11.4. The molecule has 28 heavy (non-hydrogen) atoms. The van der Waals surface area contributed by atoms with Gasteiger partial charge in [0.1, 0.15) is 0 Å². The average molecular weight is 451 g/mol. The quantitative estimate of drug-likeness (QED) is 0.307. The van der Waals surface area contributed by atoms with Crippen molar-refractivity contribution in [2.75, 3.05) is 36.1 Å². The summed E-state index contributed by atoms with van der Waals surface area (Å²) in [5.74, 6) is 4.57. The molecule has 0 saturated carbocycles. The zero-order valence-electron chi connectivity index (χ0n) is 18.8. The second kappa shape index (κ2) is 15.8. The normalized spacial score (nSPS) is 12.1. The Kier molecular flexibility index (Phi) is 15.8. The highest BCUT2D eigenvalue weighted by Crippen LogP contribution is 2.34. The molecule has 7 heteroatoms. The molecule has 2 N–H and O–H groups in total. The topological polar surface area (TPSA) is 58.2 Å². The lowest BCUT2D eigenvalue weighted by Gasteiger charge is -2.28. The molecular formula is C21H42N2O2S3. The molecule has 0 radical (unpaired) electrons. The van der Waals surface area contributed by atoms with E-state index in [0.717, 1.165) is 42.5 Å². The summed E-state index contributed by atoms with van der Waals surface area (Å²) in [5.41, 5.74) is 0. The van der Waals surface area contributed by atoms with Gasteiger partial charge in [-0.25, -0.2) is 0 Å². The van der Waals surface area contributed by atoms with Crippen molar-refractivity contribution in [3.05, 3.63) is 0 Å². The molecular weight excluding hydrogens is 408 g/mol. The summed E-state index contributed by atoms with van der Waals surface area (Å²) in [6.07, 6.45) is 4.46. The fourth-order valence-electron chi connectivity index (χ4n) is 2.36. The van der Waals surface area contributed by atoms with Gasteiger partial charge in [0, 0.05) is 46.9 Å². The Morgan fingerprint density at radius 2 is 1.29 bits per heavy atom. The van der Waals surface area contributed by atoms with E-state index in [1.54, 1.807) is 0 Å².